The summed E-state index contributed by atoms with van der Waals surface area (Å²) in [5.74, 6) is -1.49. The Kier molecular flexibility index (Phi) is 4.97. The van der Waals surface area contributed by atoms with Gasteiger partial charge in [0.15, 0.2) is 9.84 Å². The molecule has 5 rings (SSSR count). The summed E-state index contributed by atoms with van der Waals surface area (Å²) in [5, 5.41) is 6.47. The molecular weight excluding hydrogens is 460 g/mol. The summed E-state index contributed by atoms with van der Waals surface area (Å²) in [7, 11) is -3.82. The van der Waals surface area contributed by atoms with Gasteiger partial charge in [-0.1, -0.05) is 25.1 Å². The van der Waals surface area contributed by atoms with Gasteiger partial charge in [-0.15, -0.1) is 0 Å². The predicted octanol–water partition coefficient (Wildman–Crippen LogP) is 1.39. The normalized spacial score (nSPS) is 24.4. The van der Waals surface area contributed by atoms with Crippen LogP contribution >= 0.6 is 0 Å². The molecule has 0 saturated carbocycles. The summed E-state index contributed by atoms with van der Waals surface area (Å²) in [6.45, 7) is 1.28. The van der Waals surface area contributed by atoms with E-state index in [4.69, 9.17) is 0 Å². The lowest BCUT2D eigenvalue weighted by Gasteiger charge is -2.33. The monoisotopic (exact) mass is 486 g/mol. The van der Waals surface area contributed by atoms with Gasteiger partial charge in [0.2, 0.25) is 11.8 Å². The van der Waals surface area contributed by atoms with Crippen molar-refractivity contribution in [1.82, 2.24) is 10.6 Å². The third-order valence-corrected chi connectivity index (χ3v) is 8.78. The number of fused-ring (bicyclic) bond motifs is 2. The molecule has 2 aromatic carbocycles. The quantitative estimate of drug-likeness (QED) is 0.558. The number of benzene rings is 2. The first-order valence-corrected chi connectivity index (χ1v) is 12.4. The zero-order chi connectivity index (χ0) is 24.3. The Morgan fingerprint density at radius 3 is 2.59 bits per heavy atom. The Labute approximate surface area is 198 Å². The number of imide groups is 1. The van der Waals surface area contributed by atoms with Crippen LogP contribution < -0.4 is 20.9 Å². The van der Waals surface area contributed by atoms with E-state index in [1.807, 2.05) is 0 Å². The molecule has 3 aliphatic rings. The van der Waals surface area contributed by atoms with Gasteiger partial charge in [0.05, 0.1) is 10.6 Å². The van der Waals surface area contributed by atoms with Crippen molar-refractivity contribution in [3.8, 4) is 0 Å². The summed E-state index contributed by atoms with van der Waals surface area (Å²) in [6, 6.07) is 10.9. The van der Waals surface area contributed by atoms with Crippen LogP contribution in [0.25, 0.3) is 0 Å². The Hall–Kier alpha value is -3.73. The van der Waals surface area contributed by atoms with Crippen LogP contribution in [0, 0.1) is 0 Å². The molecule has 0 radical (unpaired) electrons. The fourth-order valence-corrected chi connectivity index (χ4v) is 6.81. The van der Waals surface area contributed by atoms with E-state index in [0.717, 1.165) is 11.1 Å². The lowest BCUT2D eigenvalue weighted by atomic mass is 9.96. The van der Waals surface area contributed by atoms with Crippen molar-refractivity contribution >= 4 is 45.0 Å². The van der Waals surface area contributed by atoms with Crippen molar-refractivity contribution < 1.29 is 30.4 Å². The van der Waals surface area contributed by atoms with E-state index in [0.29, 0.717) is 18.5 Å². The number of hydrogen-bond donors (Lipinski definition) is 3. The first-order valence-electron chi connectivity index (χ1n) is 10.8. The fraction of sp³-hybridized carbons (Fsp3) is 0.304. The molecule has 3 N–H and O–H groups in total. The van der Waals surface area contributed by atoms with E-state index >= 15 is 0 Å². The fourth-order valence-electron chi connectivity index (χ4n) is 4.93. The van der Waals surface area contributed by atoms with Crippen LogP contribution in [0.5, 0.6) is 0 Å². The molecule has 2 heterocycles. The van der Waals surface area contributed by atoms with Crippen LogP contribution in [0.4, 0.5) is 16.2 Å². The van der Waals surface area contributed by atoms with Crippen molar-refractivity contribution in [2.75, 3.05) is 16.8 Å². The van der Waals surface area contributed by atoms with Crippen LogP contribution in [0.2, 0.25) is 0 Å². The Morgan fingerprint density at radius 1 is 1.15 bits per heavy atom. The molecule has 1 spiro atoms. The molecule has 2 unspecified atom stereocenters. The number of hydrogen-bond acceptors (Lipinski definition) is 6. The largest absolute Gasteiger partial charge is 0.325 e. The summed E-state index contributed by atoms with van der Waals surface area (Å²) in [5.41, 5.74) is 1.37. The van der Waals surface area contributed by atoms with E-state index in [-0.39, 0.29) is 32.3 Å². The van der Waals surface area contributed by atoms with E-state index in [1.54, 1.807) is 37.3 Å². The Balaban J connectivity index is 0.00000180. The van der Waals surface area contributed by atoms with Crippen LogP contribution in [-0.2, 0) is 37.1 Å². The number of amides is 5. The summed E-state index contributed by atoms with van der Waals surface area (Å²) in [6.07, 6.45) is 0.766. The lowest BCUT2D eigenvalue weighted by molar-refractivity contribution is -0.123. The Bertz CT molecular complexity index is 1380. The number of para-hydroxylation sites is 1. The highest BCUT2D eigenvalue weighted by Crippen LogP contribution is 2.36. The molecule has 10 nitrogen and oxygen atoms in total. The highest BCUT2D eigenvalue weighted by Gasteiger charge is 2.50. The molecule has 0 aromatic heterocycles. The number of anilines is 2. The maximum atomic E-state index is 13.0. The molecule has 0 bridgehead atoms. The summed E-state index contributed by atoms with van der Waals surface area (Å²) < 4.78 is 25.6. The van der Waals surface area contributed by atoms with E-state index in [2.05, 4.69) is 16.0 Å². The zero-order valence-corrected chi connectivity index (χ0v) is 19.1. The third-order valence-electron chi connectivity index (χ3n) is 6.54. The van der Waals surface area contributed by atoms with Gasteiger partial charge in [-0.25, -0.2) is 13.2 Å². The molecule has 1 aliphatic carbocycles. The van der Waals surface area contributed by atoms with Crippen LogP contribution in [0.1, 0.15) is 27.3 Å². The maximum absolute atomic E-state index is 13.0. The molecule has 5 amide bonds. The topological polar surface area (TPSA) is 142 Å². The third kappa shape index (κ3) is 3.35. The van der Waals surface area contributed by atoms with E-state index < -0.39 is 38.5 Å². The molecule has 2 aromatic rings. The molecule has 2 atom stereocenters. The van der Waals surface area contributed by atoms with E-state index in [1.165, 1.54) is 17.0 Å². The smallest absolute Gasteiger partial charge is 0.322 e. The summed E-state index contributed by atoms with van der Waals surface area (Å²) >= 11 is 0. The van der Waals surface area contributed by atoms with Crippen LogP contribution in [0.3, 0.4) is 0 Å². The second-order valence-electron chi connectivity index (χ2n) is 8.71. The number of sulfone groups is 1. The minimum absolute atomic E-state index is 0. The van der Waals surface area contributed by atoms with Gasteiger partial charge in [0, 0.05) is 21.4 Å². The number of carbonyl (C=O) groups is 4. The maximum Gasteiger partial charge on any atom is 0.322 e. The zero-order valence-electron chi connectivity index (χ0n) is 18.3. The standard InChI is InChI=1S/C23H22N4O6S.2H2/c1-2-17-20(29)27(16-5-3-4-6-18(16)34(17,32)33)12-19(28)24-15-8-7-13-10-23(11-14(13)9-15)21(30)25-22(31)26-23;;/h3-9,17H,2,10-12H2,1H3,(H,24,28)(H2,25,26,30,31);2*1H. The number of rotatable bonds is 4. The lowest BCUT2D eigenvalue weighted by Crippen LogP contribution is -2.50. The molecular formula is C23H26N4O6S. The minimum atomic E-state index is -3.82. The highest BCUT2D eigenvalue weighted by molar-refractivity contribution is 7.93. The SMILES string of the molecule is CCC1C(=O)N(CC(=O)Nc2ccc3c(c2)CC2(C3)NC(=O)NC2=O)c2ccccc2S1(=O)=O.[HH].[HH]. The van der Waals surface area contributed by atoms with Gasteiger partial charge >= 0.3 is 6.03 Å². The van der Waals surface area contributed by atoms with Gasteiger partial charge in [-0.3, -0.25) is 19.7 Å². The van der Waals surface area contributed by atoms with Crippen molar-refractivity contribution in [3.05, 3.63) is 53.6 Å². The Morgan fingerprint density at radius 2 is 1.88 bits per heavy atom. The average molecular weight is 487 g/mol. The second kappa shape index (κ2) is 7.66. The van der Waals surface area contributed by atoms with Gasteiger partial charge < -0.3 is 15.5 Å². The number of nitrogens with zero attached hydrogens (tertiary/aromatic N) is 1. The molecule has 180 valence electrons. The summed E-state index contributed by atoms with van der Waals surface area (Å²) in [4.78, 5) is 50.9. The van der Waals surface area contributed by atoms with Crippen molar-refractivity contribution in [1.29, 1.82) is 0 Å². The van der Waals surface area contributed by atoms with Crippen molar-refractivity contribution in [2.24, 2.45) is 0 Å². The van der Waals surface area contributed by atoms with Gasteiger partial charge in [0.1, 0.15) is 17.3 Å². The molecule has 34 heavy (non-hydrogen) atoms. The molecule has 1 saturated heterocycles. The first kappa shape index (κ1) is 22.1. The van der Waals surface area contributed by atoms with Crippen LogP contribution in [0.15, 0.2) is 47.4 Å². The van der Waals surface area contributed by atoms with Crippen LogP contribution in [-0.4, -0.2) is 49.5 Å². The molecule has 2 aliphatic heterocycles. The van der Waals surface area contributed by atoms with Crippen molar-refractivity contribution in [2.45, 2.75) is 41.9 Å². The number of urea groups is 1. The van der Waals surface area contributed by atoms with E-state index in [9.17, 15) is 27.6 Å². The van der Waals surface area contributed by atoms with Gasteiger partial charge in [0.25, 0.3) is 5.91 Å². The van der Waals surface area contributed by atoms with Gasteiger partial charge in [-0.2, -0.15) is 0 Å². The highest BCUT2D eigenvalue weighted by atomic mass is 32.2. The molecule has 1 fully saturated rings. The molecule has 11 heteroatoms. The average Bonchev–Trinajstić information content (AvgIpc) is 3.28. The predicted molar refractivity (Wildman–Crippen MR) is 126 cm³/mol. The number of carbonyl (C=O) groups excluding carboxylic acids is 4. The minimum Gasteiger partial charge on any atom is -0.325 e. The van der Waals surface area contributed by atoms with Crippen molar-refractivity contribution in [3.63, 3.8) is 0 Å². The first-order chi connectivity index (χ1) is 16.1. The van der Waals surface area contributed by atoms with Gasteiger partial charge in [-0.05, 0) is 41.8 Å². The second-order valence-corrected chi connectivity index (χ2v) is 10.8. The number of nitrogens with one attached hydrogen (secondary N) is 3.